The first-order valence-electron chi connectivity index (χ1n) is 24.3. The zero-order valence-corrected chi connectivity index (χ0v) is 36.2. The second-order valence-corrected chi connectivity index (χ2v) is 16.5. The van der Waals surface area contributed by atoms with Crippen LogP contribution in [0.4, 0.5) is 0 Å². The van der Waals surface area contributed by atoms with E-state index in [2.05, 4.69) is 109 Å². The smallest absolute Gasteiger partial charge is 0.164 e. The number of hydrogen-bond donors (Lipinski definition) is 0. The summed E-state index contributed by atoms with van der Waals surface area (Å²) < 4.78 is 38.1. The van der Waals surface area contributed by atoms with Gasteiger partial charge in [-0.15, -0.1) is 0 Å². The quantitative estimate of drug-likeness (QED) is 0.145. The molecule has 4 nitrogen and oxygen atoms in total. The van der Waals surface area contributed by atoms with Crippen LogP contribution in [0.15, 0.2) is 255 Å². The molecule has 0 aliphatic heterocycles. The maximum Gasteiger partial charge on any atom is 0.164 e. The van der Waals surface area contributed by atoms with E-state index in [1.54, 1.807) is 0 Å². The third kappa shape index (κ3) is 7.67. The van der Waals surface area contributed by atoms with Gasteiger partial charge in [-0.3, -0.25) is 0 Å². The van der Waals surface area contributed by atoms with Gasteiger partial charge in [-0.2, -0.15) is 0 Å². The lowest BCUT2D eigenvalue weighted by Crippen LogP contribution is -2.00. The van der Waals surface area contributed by atoms with Crippen LogP contribution in [0.5, 0.6) is 0 Å². The normalized spacial score (nSPS) is 12.1. The van der Waals surface area contributed by atoms with Crippen molar-refractivity contribution < 1.29 is 5.48 Å². The van der Waals surface area contributed by atoms with E-state index in [1.165, 1.54) is 0 Å². The van der Waals surface area contributed by atoms with Gasteiger partial charge >= 0.3 is 0 Å². The molecule has 0 amide bonds. The Morgan fingerprint density at radius 3 is 1.16 bits per heavy atom. The first-order valence-corrected chi connectivity index (χ1v) is 22.3. The summed E-state index contributed by atoms with van der Waals surface area (Å²) in [6.07, 6.45) is 0. The van der Waals surface area contributed by atoms with E-state index in [9.17, 15) is 2.74 Å². The van der Waals surface area contributed by atoms with Crippen LogP contribution in [0.25, 0.3) is 117 Å². The van der Waals surface area contributed by atoms with Crippen LogP contribution in [-0.2, 0) is 0 Å². The molecule has 0 saturated carbocycles. The van der Waals surface area contributed by atoms with Crippen LogP contribution in [0.3, 0.4) is 0 Å². The Morgan fingerprint density at radius 1 is 0.299 bits per heavy atom. The van der Waals surface area contributed by atoms with Crippen LogP contribution in [0, 0.1) is 0 Å². The Bertz CT molecular complexity index is 3860. The fourth-order valence-corrected chi connectivity index (χ4v) is 9.04. The Kier molecular flexibility index (Phi) is 9.07. The van der Waals surface area contributed by atoms with Crippen molar-refractivity contribution in [2.45, 2.75) is 0 Å². The molecule has 2 heterocycles. The SMILES string of the molecule is [2H]c1c([2H])c([2H])c2c(c1[2H])c1cccc(-c3cc(-c4ccccc4)cc(-c4ccccc4)c3)c1n2-c1ccc(-c2ccc(-c3nc(-c4ccccc4)nc(-c4ccc(-c5ccccc5)cc4)n3)cc2)cc1. The largest absolute Gasteiger partial charge is 0.309 e. The highest BCUT2D eigenvalue weighted by Crippen LogP contribution is 2.41. The summed E-state index contributed by atoms with van der Waals surface area (Å²) in [5.41, 5.74) is 15.0. The lowest BCUT2D eigenvalue weighted by molar-refractivity contribution is 1.07. The summed E-state index contributed by atoms with van der Waals surface area (Å²) in [6, 6.07) is 77.6. The van der Waals surface area contributed by atoms with Crippen molar-refractivity contribution in [3.05, 3.63) is 255 Å². The summed E-state index contributed by atoms with van der Waals surface area (Å²) in [7, 11) is 0. The van der Waals surface area contributed by atoms with Crippen LogP contribution in [0.2, 0.25) is 0 Å². The number of nitrogens with zero attached hydrogens (tertiary/aromatic N) is 4. The van der Waals surface area contributed by atoms with E-state index in [-0.39, 0.29) is 24.2 Å². The van der Waals surface area contributed by atoms with Crippen molar-refractivity contribution in [1.82, 2.24) is 19.5 Å². The van der Waals surface area contributed by atoms with Gasteiger partial charge in [-0.1, -0.05) is 218 Å². The van der Waals surface area contributed by atoms with Gasteiger partial charge in [0.25, 0.3) is 0 Å². The highest BCUT2D eigenvalue weighted by Gasteiger charge is 2.19. The van der Waals surface area contributed by atoms with E-state index >= 15 is 0 Å². The fourth-order valence-electron chi connectivity index (χ4n) is 9.04. The summed E-state index contributed by atoms with van der Waals surface area (Å²) in [4.78, 5) is 14.9. The Hall–Kier alpha value is -8.99. The van der Waals surface area contributed by atoms with Crippen LogP contribution < -0.4 is 0 Å². The minimum Gasteiger partial charge on any atom is -0.309 e. The van der Waals surface area contributed by atoms with E-state index in [0.29, 0.717) is 28.4 Å². The number of rotatable bonds is 9. The molecule has 10 aromatic carbocycles. The van der Waals surface area contributed by atoms with Crippen molar-refractivity contribution in [3.63, 3.8) is 0 Å². The molecule has 0 radical (unpaired) electrons. The molecule has 0 N–H and O–H groups in total. The molecule has 0 spiro atoms. The molecule has 4 heteroatoms. The summed E-state index contributed by atoms with van der Waals surface area (Å²) in [6.45, 7) is 0. The van der Waals surface area contributed by atoms with Gasteiger partial charge in [0.15, 0.2) is 17.5 Å². The Balaban J connectivity index is 0.950. The van der Waals surface area contributed by atoms with E-state index in [0.717, 1.165) is 88.9 Å². The Labute approximate surface area is 395 Å². The third-order valence-electron chi connectivity index (χ3n) is 12.4. The molecule has 0 unspecified atom stereocenters. The molecule has 0 atom stereocenters. The number of hydrogen-bond acceptors (Lipinski definition) is 3. The molecule has 0 aliphatic carbocycles. The standard InChI is InChI=1S/C63H42N4/c1-5-16-43(17-6-1)46-28-32-50(33-29-46)62-64-61(49-22-11-4-12-23-49)65-63(66-62)51-34-30-47(31-35-51)48-36-38-55(39-37-48)67-59-27-14-13-24-57(59)58-26-15-25-56(60(58)67)54-41-52(44-18-7-2-8-19-44)40-53(42-54)45-20-9-3-10-21-45/h1-42H/i13D,14D,24D,27D. The highest BCUT2D eigenvalue weighted by molar-refractivity contribution is 6.14. The van der Waals surface area contributed by atoms with Crippen molar-refractivity contribution in [3.8, 4) is 95.5 Å². The predicted molar refractivity (Wildman–Crippen MR) is 278 cm³/mol. The number of benzene rings is 10. The van der Waals surface area contributed by atoms with Gasteiger partial charge in [-0.05, 0) is 86.4 Å². The van der Waals surface area contributed by atoms with E-state index < -0.39 is 0 Å². The number of para-hydroxylation sites is 2. The monoisotopic (exact) mass is 858 g/mol. The lowest BCUT2D eigenvalue weighted by atomic mass is 9.92. The minimum atomic E-state index is -0.274. The molecule has 0 fully saturated rings. The number of fused-ring (bicyclic) bond motifs is 3. The average molecular weight is 859 g/mol. The summed E-state index contributed by atoms with van der Waals surface area (Å²) in [5, 5.41) is 1.23. The Morgan fingerprint density at radius 2 is 0.672 bits per heavy atom. The third-order valence-corrected chi connectivity index (χ3v) is 12.4. The fraction of sp³-hybridized carbons (Fsp3) is 0. The highest BCUT2D eigenvalue weighted by atomic mass is 15.0. The zero-order valence-electron chi connectivity index (χ0n) is 40.2. The number of aromatic nitrogens is 4. The predicted octanol–water partition coefficient (Wildman–Crippen LogP) is 16.3. The molecule has 12 aromatic rings. The molecule has 0 aliphatic rings. The molecule has 12 rings (SSSR count). The molecular weight excluding hydrogens is 813 g/mol. The van der Waals surface area contributed by atoms with Gasteiger partial charge < -0.3 is 4.57 Å². The molecule has 314 valence electrons. The van der Waals surface area contributed by atoms with Gasteiger partial charge in [0.1, 0.15) is 0 Å². The van der Waals surface area contributed by atoms with Crippen LogP contribution >= 0.6 is 0 Å². The van der Waals surface area contributed by atoms with E-state index in [4.69, 9.17) is 17.7 Å². The van der Waals surface area contributed by atoms with Crippen molar-refractivity contribution in [2.24, 2.45) is 0 Å². The van der Waals surface area contributed by atoms with Crippen LogP contribution in [-0.4, -0.2) is 19.5 Å². The molecule has 0 saturated heterocycles. The lowest BCUT2D eigenvalue weighted by Gasteiger charge is -2.15. The second kappa shape index (κ2) is 17.2. The zero-order chi connectivity index (χ0) is 48.0. The maximum absolute atomic E-state index is 9.32. The molecular formula is C63H42N4. The van der Waals surface area contributed by atoms with Gasteiger partial charge in [0.05, 0.1) is 16.5 Å². The van der Waals surface area contributed by atoms with Crippen LogP contribution in [0.1, 0.15) is 5.48 Å². The van der Waals surface area contributed by atoms with Gasteiger partial charge in [0, 0.05) is 38.7 Å². The maximum atomic E-state index is 9.32. The topological polar surface area (TPSA) is 43.6 Å². The van der Waals surface area contributed by atoms with Crippen molar-refractivity contribution in [1.29, 1.82) is 0 Å². The van der Waals surface area contributed by atoms with E-state index in [1.807, 2.05) is 126 Å². The van der Waals surface area contributed by atoms with Gasteiger partial charge in [0.2, 0.25) is 0 Å². The molecule has 67 heavy (non-hydrogen) atoms. The molecule has 2 aromatic heterocycles. The first kappa shape index (κ1) is 35.4. The minimum absolute atomic E-state index is 0.0660. The second-order valence-electron chi connectivity index (χ2n) is 16.5. The van der Waals surface area contributed by atoms with Gasteiger partial charge in [-0.25, -0.2) is 15.0 Å². The first-order chi connectivity index (χ1) is 34.9. The summed E-state index contributed by atoms with van der Waals surface area (Å²) >= 11 is 0. The van der Waals surface area contributed by atoms with Crippen molar-refractivity contribution >= 4 is 21.8 Å². The average Bonchev–Trinajstić information content (AvgIpc) is 3.81. The van der Waals surface area contributed by atoms with Crippen molar-refractivity contribution in [2.75, 3.05) is 0 Å². The summed E-state index contributed by atoms with van der Waals surface area (Å²) in [5.74, 6) is 1.75. The molecule has 0 bridgehead atoms.